The van der Waals surface area contributed by atoms with Gasteiger partial charge in [0.05, 0.1) is 0 Å². The van der Waals surface area contributed by atoms with Gasteiger partial charge >= 0.3 is 6.09 Å². The summed E-state index contributed by atoms with van der Waals surface area (Å²) in [6, 6.07) is 3.93. The van der Waals surface area contributed by atoms with Gasteiger partial charge in [-0.2, -0.15) is 0 Å². The van der Waals surface area contributed by atoms with Gasteiger partial charge in [0, 0.05) is 6.42 Å². The zero-order valence-corrected chi connectivity index (χ0v) is 12.8. The van der Waals surface area contributed by atoms with Crippen molar-refractivity contribution < 1.29 is 19.4 Å². The van der Waals surface area contributed by atoms with E-state index in [9.17, 15) is 14.7 Å². The molecule has 116 valence electrons. The van der Waals surface area contributed by atoms with Gasteiger partial charge in [0.25, 0.3) is 0 Å². The van der Waals surface area contributed by atoms with Crippen LogP contribution in [-0.4, -0.2) is 28.7 Å². The van der Waals surface area contributed by atoms with Crippen LogP contribution in [0.4, 0.5) is 4.79 Å². The molecular formula is C15H22N2O4. The van der Waals surface area contributed by atoms with Crippen molar-refractivity contribution in [3.63, 3.8) is 0 Å². The van der Waals surface area contributed by atoms with Gasteiger partial charge in [-0.1, -0.05) is 6.07 Å². The van der Waals surface area contributed by atoms with E-state index in [1.807, 2.05) is 0 Å². The largest absolute Gasteiger partial charge is 0.508 e. The number of rotatable bonds is 4. The molecule has 0 fully saturated rings. The highest BCUT2D eigenvalue weighted by atomic mass is 16.6. The third-order valence-electron chi connectivity index (χ3n) is 2.78. The smallest absolute Gasteiger partial charge is 0.408 e. The molecule has 0 unspecified atom stereocenters. The fraction of sp³-hybridized carbons (Fsp3) is 0.467. The first-order valence-corrected chi connectivity index (χ1v) is 6.66. The lowest BCUT2D eigenvalue weighted by atomic mass is 10.0. The van der Waals surface area contributed by atoms with Crippen LogP contribution >= 0.6 is 0 Å². The van der Waals surface area contributed by atoms with Crippen LogP contribution in [0.1, 0.15) is 31.9 Å². The maximum Gasteiger partial charge on any atom is 0.408 e. The number of carbonyl (C=O) groups excluding carboxylic acids is 2. The van der Waals surface area contributed by atoms with E-state index >= 15 is 0 Å². The molecule has 0 spiro atoms. The van der Waals surface area contributed by atoms with E-state index in [4.69, 9.17) is 10.5 Å². The van der Waals surface area contributed by atoms with Gasteiger partial charge in [-0.25, -0.2) is 4.79 Å². The predicted octanol–water partition coefficient (Wildman–Crippen LogP) is 1.62. The normalized spacial score (nSPS) is 12.6. The Balaban J connectivity index is 2.79. The minimum atomic E-state index is -0.872. The van der Waals surface area contributed by atoms with Crippen molar-refractivity contribution in [3.8, 4) is 5.75 Å². The average molecular weight is 294 g/mol. The number of ether oxygens (including phenoxy) is 1. The Morgan fingerprint density at radius 3 is 2.48 bits per heavy atom. The van der Waals surface area contributed by atoms with Crippen LogP contribution in [0.15, 0.2) is 18.2 Å². The fourth-order valence-electron chi connectivity index (χ4n) is 1.80. The van der Waals surface area contributed by atoms with E-state index in [0.717, 1.165) is 11.1 Å². The number of aryl methyl sites for hydroxylation is 1. The molecule has 0 aliphatic heterocycles. The lowest BCUT2D eigenvalue weighted by Gasteiger charge is -2.22. The molecule has 1 aromatic rings. The average Bonchev–Trinajstić information content (AvgIpc) is 2.28. The van der Waals surface area contributed by atoms with Crippen LogP contribution in [0, 0.1) is 6.92 Å². The second-order valence-electron chi connectivity index (χ2n) is 5.92. The number of amides is 2. The van der Waals surface area contributed by atoms with E-state index in [1.165, 1.54) is 6.07 Å². The molecule has 6 heteroatoms. The van der Waals surface area contributed by atoms with Crippen molar-refractivity contribution in [3.05, 3.63) is 29.3 Å². The number of phenolic OH excluding ortho intramolecular Hbond substituents is 1. The first-order chi connectivity index (χ1) is 9.58. The summed E-state index contributed by atoms with van der Waals surface area (Å²) in [7, 11) is 0. The molecule has 1 rings (SSSR count). The summed E-state index contributed by atoms with van der Waals surface area (Å²) in [5, 5.41) is 11.8. The number of primary amides is 1. The van der Waals surface area contributed by atoms with Crippen LogP contribution in [-0.2, 0) is 16.0 Å². The van der Waals surface area contributed by atoms with Crippen molar-refractivity contribution >= 4 is 12.0 Å². The SMILES string of the molecule is Cc1cc(O)ccc1C[C@H](NC(=O)OC(C)(C)C)C(N)=O. The number of alkyl carbamates (subject to hydrolysis) is 1. The number of hydrogen-bond acceptors (Lipinski definition) is 4. The summed E-state index contributed by atoms with van der Waals surface area (Å²) in [5.74, 6) is -0.500. The number of phenols is 1. The Labute approximate surface area is 124 Å². The summed E-state index contributed by atoms with van der Waals surface area (Å²) in [4.78, 5) is 23.2. The van der Waals surface area contributed by atoms with Gasteiger partial charge in [-0.05, 0) is 51.0 Å². The van der Waals surface area contributed by atoms with Crippen LogP contribution in [0.3, 0.4) is 0 Å². The van der Waals surface area contributed by atoms with E-state index < -0.39 is 23.6 Å². The minimum Gasteiger partial charge on any atom is -0.508 e. The first-order valence-electron chi connectivity index (χ1n) is 6.66. The number of benzene rings is 1. The number of aromatic hydroxyl groups is 1. The van der Waals surface area contributed by atoms with Gasteiger partial charge < -0.3 is 20.9 Å². The van der Waals surface area contributed by atoms with Crippen molar-refractivity contribution in [1.29, 1.82) is 0 Å². The maximum atomic E-state index is 11.7. The fourth-order valence-corrected chi connectivity index (χ4v) is 1.80. The molecular weight excluding hydrogens is 272 g/mol. The first kappa shape index (κ1) is 16.8. The second-order valence-corrected chi connectivity index (χ2v) is 5.92. The topological polar surface area (TPSA) is 102 Å². The van der Waals surface area contributed by atoms with Crippen molar-refractivity contribution in [2.24, 2.45) is 5.73 Å². The Hall–Kier alpha value is -2.24. The summed E-state index contributed by atoms with van der Waals surface area (Å²) in [6.45, 7) is 7.00. The standard InChI is InChI=1S/C15H22N2O4/c1-9-7-11(18)6-5-10(9)8-12(13(16)19)17-14(20)21-15(2,3)4/h5-7,12,18H,8H2,1-4H3,(H2,16,19)(H,17,20)/t12-/m0/s1. The molecule has 0 aliphatic carbocycles. The Bertz CT molecular complexity index is 535. The lowest BCUT2D eigenvalue weighted by Crippen LogP contribution is -2.47. The van der Waals surface area contributed by atoms with Gasteiger partial charge in [0.1, 0.15) is 17.4 Å². The highest BCUT2D eigenvalue weighted by molar-refractivity contribution is 5.84. The Morgan fingerprint density at radius 1 is 1.38 bits per heavy atom. The molecule has 6 nitrogen and oxygen atoms in total. The van der Waals surface area contributed by atoms with Crippen LogP contribution < -0.4 is 11.1 Å². The third kappa shape index (κ3) is 5.72. The minimum absolute atomic E-state index is 0.145. The maximum absolute atomic E-state index is 11.7. The van der Waals surface area contributed by atoms with Crippen molar-refractivity contribution in [2.45, 2.75) is 45.8 Å². The molecule has 0 heterocycles. The monoisotopic (exact) mass is 294 g/mol. The molecule has 0 aliphatic rings. The highest BCUT2D eigenvalue weighted by Crippen LogP contribution is 2.17. The van der Waals surface area contributed by atoms with E-state index in [-0.39, 0.29) is 12.2 Å². The predicted molar refractivity (Wildman–Crippen MR) is 78.9 cm³/mol. The quantitative estimate of drug-likeness (QED) is 0.785. The molecule has 4 N–H and O–H groups in total. The second kappa shape index (κ2) is 6.47. The van der Waals surface area contributed by atoms with Crippen LogP contribution in [0.25, 0.3) is 0 Å². The molecule has 1 aromatic carbocycles. The molecule has 0 aromatic heterocycles. The van der Waals surface area contributed by atoms with E-state index in [1.54, 1.807) is 39.8 Å². The zero-order chi connectivity index (χ0) is 16.2. The molecule has 0 saturated heterocycles. The van der Waals surface area contributed by atoms with E-state index in [0.29, 0.717) is 0 Å². The van der Waals surface area contributed by atoms with Gasteiger partial charge in [0.2, 0.25) is 5.91 Å². The molecule has 0 saturated carbocycles. The van der Waals surface area contributed by atoms with E-state index in [2.05, 4.69) is 5.32 Å². The number of nitrogens with one attached hydrogen (secondary N) is 1. The number of hydrogen-bond donors (Lipinski definition) is 3. The molecule has 0 bridgehead atoms. The molecule has 0 radical (unpaired) electrons. The summed E-state index contributed by atoms with van der Waals surface area (Å²) in [6.07, 6.45) is -0.455. The number of nitrogens with two attached hydrogens (primary N) is 1. The molecule has 2 amide bonds. The Kier molecular flexibility index (Phi) is 5.18. The lowest BCUT2D eigenvalue weighted by molar-refractivity contribution is -0.120. The summed E-state index contributed by atoms with van der Waals surface area (Å²) >= 11 is 0. The molecule has 1 atom stereocenters. The van der Waals surface area contributed by atoms with Crippen molar-refractivity contribution in [1.82, 2.24) is 5.32 Å². The van der Waals surface area contributed by atoms with Gasteiger partial charge in [0.15, 0.2) is 0 Å². The zero-order valence-electron chi connectivity index (χ0n) is 12.8. The van der Waals surface area contributed by atoms with Crippen molar-refractivity contribution in [2.75, 3.05) is 0 Å². The highest BCUT2D eigenvalue weighted by Gasteiger charge is 2.23. The molecule has 21 heavy (non-hydrogen) atoms. The van der Waals surface area contributed by atoms with Crippen LogP contribution in [0.5, 0.6) is 5.75 Å². The van der Waals surface area contributed by atoms with Gasteiger partial charge in [-0.3, -0.25) is 4.79 Å². The van der Waals surface area contributed by atoms with Gasteiger partial charge in [-0.15, -0.1) is 0 Å². The summed E-state index contributed by atoms with van der Waals surface area (Å²) in [5.41, 5.74) is 6.29. The third-order valence-corrected chi connectivity index (χ3v) is 2.78. The summed E-state index contributed by atoms with van der Waals surface area (Å²) < 4.78 is 5.11. The van der Waals surface area contributed by atoms with Crippen LogP contribution in [0.2, 0.25) is 0 Å². The number of carbonyl (C=O) groups is 2. The Morgan fingerprint density at radius 2 is 2.00 bits per heavy atom.